The van der Waals surface area contributed by atoms with Gasteiger partial charge in [0, 0.05) is 21.9 Å². The van der Waals surface area contributed by atoms with Gasteiger partial charge in [0.2, 0.25) is 0 Å². The molecule has 0 spiro atoms. The number of halogens is 1. The summed E-state index contributed by atoms with van der Waals surface area (Å²) in [6, 6.07) is 12.4. The van der Waals surface area contributed by atoms with Gasteiger partial charge in [0.25, 0.3) is 0 Å². The molecular formula is C15H17BrN2. The molecule has 1 unspecified atom stereocenters. The van der Waals surface area contributed by atoms with E-state index < -0.39 is 0 Å². The lowest BCUT2D eigenvalue weighted by Crippen LogP contribution is -2.15. The molecule has 1 aromatic carbocycles. The predicted molar refractivity (Wildman–Crippen MR) is 78.5 cm³/mol. The van der Waals surface area contributed by atoms with Crippen LogP contribution in [0.4, 0.5) is 0 Å². The number of pyridine rings is 1. The normalized spacial score (nSPS) is 12.4. The third-order valence-electron chi connectivity index (χ3n) is 3.01. The van der Waals surface area contributed by atoms with Crippen molar-refractivity contribution < 1.29 is 0 Å². The highest BCUT2D eigenvalue weighted by Crippen LogP contribution is 2.20. The lowest BCUT2D eigenvalue weighted by Gasteiger charge is -2.15. The van der Waals surface area contributed by atoms with Gasteiger partial charge in [-0.2, -0.15) is 0 Å². The maximum absolute atomic E-state index is 6.27. The van der Waals surface area contributed by atoms with Gasteiger partial charge in [-0.25, -0.2) is 0 Å². The van der Waals surface area contributed by atoms with Gasteiger partial charge in [0.1, 0.15) is 0 Å². The molecule has 1 heterocycles. The molecule has 94 valence electrons. The van der Waals surface area contributed by atoms with E-state index in [9.17, 15) is 0 Å². The van der Waals surface area contributed by atoms with Crippen molar-refractivity contribution in [3.63, 3.8) is 0 Å². The average Bonchev–Trinajstić information content (AvgIpc) is 2.28. The first-order valence-corrected chi connectivity index (χ1v) is 6.80. The van der Waals surface area contributed by atoms with Crippen LogP contribution in [-0.4, -0.2) is 4.98 Å². The summed E-state index contributed by atoms with van der Waals surface area (Å²) in [5.74, 6) is 0. The second kappa shape index (κ2) is 5.63. The van der Waals surface area contributed by atoms with Crippen molar-refractivity contribution in [2.75, 3.05) is 0 Å². The summed E-state index contributed by atoms with van der Waals surface area (Å²) in [4.78, 5) is 4.46. The molecule has 3 heteroatoms. The minimum absolute atomic E-state index is 0.00704. The number of aromatic nitrogens is 1. The van der Waals surface area contributed by atoms with E-state index in [1.165, 1.54) is 5.56 Å². The molecule has 0 radical (unpaired) electrons. The van der Waals surface area contributed by atoms with Crippen LogP contribution in [0.25, 0.3) is 0 Å². The lowest BCUT2D eigenvalue weighted by molar-refractivity contribution is 0.709. The highest BCUT2D eigenvalue weighted by molar-refractivity contribution is 9.10. The Morgan fingerprint density at radius 3 is 2.67 bits per heavy atom. The molecule has 2 rings (SSSR count). The molecule has 0 saturated carbocycles. The molecule has 0 saturated heterocycles. The maximum Gasteiger partial charge on any atom is 0.0423 e. The monoisotopic (exact) mass is 304 g/mol. The number of benzene rings is 1. The Kier molecular flexibility index (Phi) is 4.15. The van der Waals surface area contributed by atoms with Crippen LogP contribution in [0.3, 0.4) is 0 Å². The molecular weight excluding hydrogens is 288 g/mol. The Hall–Kier alpha value is -1.19. The molecule has 0 fully saturated rings. The van der Waals surface area contributed by atoms with Crippen LogP contribution < -0.4 is 5.73 Å². The minimum atomic E-state index is -0.00704. The molecule has 0 aliphatic heterocycles. The van der Waals surface area contributed by atoms with E-state index in [1.54, 1.807) is 0 Å². The van der Waals surface area contributed by atoms with E-state index in [0.29, 0.717) is 0 Å². The molecule has 0 amide bonds. The van der Waals surface area contributed by atoms with Crippen molar-refractivity contribution in [1.82, 2.24) is 4.98 Å². The first-order chi connectivity index (χ1) is 8.56. The van der Waals surface area contributed by atoms with Crippen molar-refractivity contribution in [3.05, 3.63) is 63.4 Å². The Morgan fingerprint density at radius 2 is 2.00 bits per heavy atom. The molecule has 2 N–H and O–H groups in total. The number of hydrogen-bond donors (Lipinski definition) is 1. The molecule has 1 aromatic heterocycles. The highest BCUT2D eigenvalue weighted by Gasteiger charge is 2.10. The predicted octanol–water partition coefficient (Wildman–Crippen LogP) is 3.70. The van der Waals surface area contributed by atoms with Crippen molar-refractivity contribution in [2.45, 2.75) is 26.3 Å². The fourth-order valence-corrected chi connectivity index (χ4v) is 2.56. The zero-order valence-corrected chi connectivity index (χ0v) is 12.2. The van der Waals surface area contributed by atoms with Crippen molar-refractivity contribution in [3.8, 4) is 0 Å². The topological polar surface area (TPSA) is 38.9 Å². The van der Waals surface area contributed by atoms with E-state index >= 15 is 0 Å². The summed E-state index contributed by atoms with van der Waals surface area (Å²) in [7, 11) is 0. The fraction of sp³-hybridized carbons (Fsp3) is 0.267. The summed E-state index contributed by atoms with van der Waals surface area (Å²) in [5, 5.41) is 0. The first-order valence-electron chi connectivity index (χ1n) is 6.00. The number of nitrogens with two attached hydrogens (primary N) is 1. The van der Waals surface area contributed by atoms with Crippen LogP contribution in [-0.2, 0) is 6.42 Å². The van der Waals surface area contributed by atoms with Crippen molar-refractivity contribution >= 4 is 15.9 Å². The van der Waals surface area contributed by atoms with E-state index in [-0.39, 0.29) is 6.04 Å². The van der Waals surface area contributed by atoms with Gasteiger partial charge in [-0.3, -0.25) is 4.98 Å². The molecule has 0 bridgehead atoms. The molecule has 2 nitrogen and oxygen atoms in total. The summed E-state index contributed by atoms with van der Waals surface area (Å²) in [6.07, 6.45) is 0.824. The van der Waals surface area contributed by atoms with Gasteiger partial charge in [0.05, 0.1) is 0 Å². The number of hydrogen-bond acceptors (Lipinski definition) is 2. The Morgan fingerprint density at radius 1 is 1.22 bits per heavy atom. The van der Waals surface area contributed by atoms with Crippen LogP contribution in [0.1, 0.15) is 28.6 Å². The number of aryl methyl sites for hydroxylation is 2. The average molecular weight is 305 g/mol. The summed E-state index contributed by atoms with van der Waals surface area (Å²) in [5.41, 5.74) is 10.7. The standard InChI is InChI=1S/C15H17BrN2/c1-10-6-7-14(11(2)18-10)15(17)9-12-4-3-5-13(16)8-12/h3-8,15H,9,17H2,1-2H3. The molecule has 0 aliphatic rings. The largest absolute Gasteiger partial charge is 0.324 e. The van der Waals surface area contributed by atoms with Crippen LogP contribution in [0.2, 0.25) is 0 Å². The van der Waals surface area contributed by atoms with Crippen LogP contribution in [0, 0.1) is 13.8 Å². The Balaban J connectivity index is 2.19. The summed E-state index contributed by atoms with van der Waals surface area (Å²) in [6.45, 7) is 4.01. The zero-order chi connectivity index (χ0) is 13.1. The van der Waals surface area contributed by atoms with Gasteiger partial charge < -0.3 is 5.73 Å². The van der Waals surface area contributed by atoms with Crippen LogP contribution >= 0.6 is 15.9 Å². The third-order valence-corrected chi connectivity index (χ3v) is 3.50. The number of nitrogens with zero attached hydrogens (tertiary/aromatic N) is 1. The van der Waals surface area contributed by atoms with Crippen LogP contribution in [0.5, 0.6) is 0 Å². The smallest absolute Gasteiger partial charge is 0.0423 e. The van der Waals surface area contributed by atoms with Crippen LogP contribution in [0.15, 0.2) is 40.9 Å². The molecule has 18 heavy (non-hydrogen) atoms. The quantitative estimate of drug-likeness (QED) is 0.939. The highest BCUT2D eigenvalue weighted by atomic mass is 79.9. The van der Waals surface area contributed by atoms with E-state index in [4.69, 9.17) is 5.73 Å². The molecule has 0 aliphatic carbocycles. The zero-order valence-electron chi connectivity index (χ0n) is 10.7. The SMILES string of the molecule is Cc1ccc(C(N)Cc2cccc(Br)c2)c(C)n1. The number of rotatable bonds is 3. The minimum Gasteiger partial charge on any atom is -0.324 e. The Bertz CT molecular complexity index is 552. The van der Waals surface area contributed by atoms with Gasteiger partial charge in [-0.05, 0) is 49.6 Å². The van der Waals surface area contributed by atoms with Crippen molar-refractivity contribution in [1.29, 1.82) is 0 Å². The lowest BCUT2D eigenvalue weighted by atomic mass is 9.98. The maximum atomic E-state index is 6.27. The Labute approximate surface area is 116 Å². The molecule has 2 aromatic rings. The van der Waals surface area contributed by atoms with Gasteiger partial charge in [-0.15, -0.1) is 0 Å². The van der Waals surface area contributed by atoms with E-state index in [2.05, 4.69) is 39.1 Å². The van der Waals surface area contributed by atoms with E-state index in [1.807, 2.05) is 32.0 Å². The van der Waals surface area contributed by atoms with E-state index in [0.717, 1.165) is 27.8 Å². The molecule has 1 atom stereocenters. The first kappa shape index (κ1) is 13.2. The summed E-state index contributed by atoms with van der Waals surface area (Å²) < 4.78 is 1.09. The van der Waals surface area contributed by atoms with Gasteiger partial charge >= 0.3 is 0 Å². The third kappa shape index (κ3) is 3.18. The fourth-order valence-electron chi connectivity index (χ4n) is 2.12. The second-order valence-electron chi connectivity index (χ2n) is 4.57. The summed E-state index contributed by atoms with van der Waals surface area (Å²) >= 11 is 3.48. The second-order valence-corrected chi connectivity index (χ2v) is 5.48. The van der Waals surface area contributed by atoms with Gasteiger partial charge in [0.15, 0.2) is 0 Å². The van der Waals surface area contributed by atoms with Gasteiger partial charge in [-0.1, -0.05) is 34.1 Å². The van der Waals surface area contributed by atoms with Crippen molar-refractivity contribution in [2.24, 2.45) is 5.73 Å².